The number of halogens is 4. The molecule has 0 aliphatic rings. The molecule has 1 aromatic heterocycles. The normalized spacial score (nSPS) is 11.3. The fraction of sp³-hybridized carbons (Fsp3) is 0.154. The third kappa shape index (κ3) is 4.22. The minimum Gasteiger partial charge on any atom is -0.480 e. The maximum absolute atomic E-state index is 12.7. The largest absolute Gasteiger partial charge is 0.480 e. The van der Waals surface area contributed by atoms with Gasteiger partial charge in [0, 0.05) is 11.9 Å². The zero-order valence-electron chi connectivity index (χ0n) is 11.3. The Bertz CT molecular complexity index is 758. The number of alkyl halides is 3. The van der Waals surface area contributed by atoms with Crippen molar-refractivity contribution in [2.24, 2.45) is 0 Å². The van der Waals surface area contributed by atoms with Gasteiger partial charge in [0.1, 0.15) is 6.54 Å². The van der Waals surface area contributed by atoms with E-state index in [4.69, 9.17) is 16.7 Å². The maximum Gasteiger partial charge on any atom is 0.417 e. The van der Waals surface area contributed by atoms with Gasteiger partial charge in [0.25, 0.3) is 5.91 Å². The molecule has 10 heteroatoms. The number of amides is 1. The molecular formula is C13H9ClF3N3O3. The third-order valence-electron chi connectivity index (χ3n) is 2.72. The fourth-order valence-corrected chi connectivity index (χ4v) is 1.95. The average Bonchev–Trinajstić information content (AvgIpc) is 2.87. The molecule has 0 unspecified atom stereocenters. The zero-order chi connectivity index (χ0) is 17.2. The second-order valence-electron chi connectivity index (χ2n) is 4.47. The number of nitrogens with zero attached hydrogens (tertiary/aromatic N) is 2. The summed E-state index contributed by atoms with van der Waals surface area (Å²) >= 11 is 5.48. The van der Waals surface area contributed by atoms with Crippen LogP contribution in [0.5, 0.6) is 0 Å². The highest BCUT2D eigenvalue weighted by molar-refractivity contribution is 6.31. The van der Waals surface area contributed by atoms with Gasteiger partial charge in [-0.1, -0.05) is 11.6 Å². The monoisotopic (exact) mass is 347 g/mol. The number of carboxylic acid groups (broad SMARTS) is 1. The first-order chi connectivity index (χ1) is 10.7. The number of benzene rings is 1. The summed E-state index contributed by atoms with van der Waals surface area (Å²) in [6, 6.07) is 2.95. The summed E-state index contributed by atoms with van der Waals surface area (Å²) < 4.78 is 39.3. The highest BCUT2D eigenvalue weighted by atomic mass is 35.5. The predicted molar refractivity (Wildman–Crippen MR) is 74.3 cm³/mol. The number of aliphatic carboxylic acids is 1. The number of hydrogen-bond donors (Lipinski definition) is 2. The SMILES string of the molecule is O=C(O)Cn1cc(C(=O)Nc2ccc(Cl)c(C(F)(F)F)c2)cn1. The molecule has 0 saturated heterocycles. The molecule has 2 aromatic rings. The van der Waals surface area contributed by atoms with Crippen molar-refractivity contribution in [1.82, 2.24) is 9.78 Å². The van der Waals surface area contributed by atoms with Gasteiger partial charge in [0.15, 0.2) is 0 Å². The van der Waals surface area contributed by atoms with Crippen LogP contribution in [-0.2, 0) is 17.5 Å². The minimum absolute atomic E-state index is 0.00904. The molecule has 23 heavy (non-hydrogen) atoms. The molecule has 2 N–H and O–H groups in total. The van der Waals surface area contributed by atoms with Crippen molar-refractivity contribution < 1.29 is 27.9 Å². The van der Waals surface area contributed by atoms with Crippen LogP contribution < -0.4 is 5.32 Å². The molecule has 1 heterocycles. The Morgan fingerprint density at radius 1 is 1.35 bits per heavy atom. The standard InChI is InChI=1S/C13H9ClF3N3O3/c14-10-2-1-8(3-9(10)13(15,16)17)19-12(23)7-4-18-20(5-7)6-11(21)22/h1-5H,6H2,(H,19,23)(H,21,22). The lowest BCUT2D eigenvalue weighted by molar-refractivity contribution is -0.138. The predicted octanol–water partition coefficient (Wildman–Crippen LogP) is 2.89. The summed E-state index contributed by atoms with van der Waals surface area (Å²) in [5.74, 6) is -1.87. The Kier molecular flexibility index (Phi) is 4.60. The second kappa shape index (κ2) is 6.29. The molecule has 0 aliphatic heterocycles. The summed E-state index contributed by atoms with van der Waals surface area (Å²) in [7, 11) is 0. The van der Waals surface area contributed by atoms with Crippen LogP contribution in [-0.4, -0.2) is 26.8 Å². The van der Waals surface area contributed by atoms with Gasteiger partial charge in [-0.05, 0) is 18.2 Å². The summed E-state index contributed by atoms with van der Waals surface area (Å²) in [5.41, 5.74) is -1.16. The minimum atomic E-state index is -4.65. The van der Waals surface area contributed by atoms with Gasteiger partial charge < -0.3 is 10.4 Å². The Morgan fingerprint density at radius 2 is 2.04 bits per heavy atom. The lowest BCUT2D eigenvalue weighted by Crippen LogP contribution is -2.13. The van der Waals surface area contributed by atoms with Crippen molar-refractivity contribution in [3.63, 3.8) is 0 Å². The Morgan fingerprint density at radius 3 is 2.65 bits per heavy atom. The summed E-state index contributed by atoms with van der Waals surface area (Å²) in [5, 5.41) is 14.1. The lowest BCUT2D eigenvalue weighted by atomic mass is 10.2. The molecule has 1 amide bonds. The molecule has 0 saturated carbocycles. The van der Waals surface area contributed by atoms with Crippen LogP contribution in [0.4, 0.5) is 18.9 Å². The van der Waals surface area contributed by atoms with Crippen molar-refractivity contribution in [2.45, 2.75) is 12.7 Å². The van der Waals surface area contributed by atoms with Crippen LogP contribution in [0.1, 0.15) is 15.9 Å². The van der Waals surface area contributed by atoms with E-state index < -0.39 is 35.2 Å². The van der Waals surface area contributed by atoms with Crippen molar-refractivity contribution in [2.75, 3.05) is 5.32 Å². The summed E-state index contributed by atoms with van der Waals surface area (Å²) in [6.07, 6.45) is -2.37. The molecule has 0 radical (unpaired) electrons. The van der Waals surface area contributed by atoms with E-state index in [2.05, 4.69) is 10.4 Å². The van der Waals surface area contributed by atoms with Crippen LogP contribution >= 0.6 is 11.6 Å². The van der Waals surface area contributed by atoms with Gasteiger partial charge in [-0.15, -0.1) is 0 Å². The molecule has 0 atom stereocenters. The molecule has 0 bridgehead atoms. The number of aromatic nitrogens is 2. The molecule has 0 spiro atoms. The molecule has 6 nitrogen and oxygen atoms in total. The maximum atomic E-state index is 12.7. The van der Waals surface area contributed by atoms with Gasteiger partial charge in [0.05, 0.1) is 22.3 Å². The molecule has 1 aromatic carbocycles. The second-order valence-corrected chi connectivity index (χ2v) is 4.87. The van der Waals surface area contributed by atoms with Crippen LogP contribution in [0, 0.1) is 0 Å². The summed E-state index contributed by atoms with van der Waals surface area (Å²) in [6.45, 7) is -0.438. The molecular weight excluding hydrogens is 339 g/mol. The molecule has 122 valence electrons. The first-order valence-electron chi connectivity index (χ1n) is 6.09. The first kappa shape index (κ1) is 16.8. The van der Waals surface area contributed by atoms with Gasteiger partial charge in [-0.25, -0.2) is 0 Å². The van der Waals surface area contributed by atoms with E-state index in [-0.39, 0.29) is 11.3 Å². The van der Waals surface area contributed by atoms with E-state index in [1.54, 1.807) is 0 Å². The number of anilines is 1. The van der Waals surface area contributed by atoms with E-state index in [1.807, 2.05) is 0 Å². The van der Waals surface area contributed by atoms with E-state index in [0.717, 1.165) is 16.9 Å². The number of carboxylic acids is 1. The number of carbonyl (C=O) groups is 2. The number of carbonyl (C=O) groups excluding carboxylic acids is 1. The van der Waals surface area contributed by atoms with Gasteiger partial charge in [0.2, 0.25) is 0 Å². The zero-order valence-corrected chi connectivity index (χ0v) is 12.0. The lowest BCUT2D eigenvalue weighted by Gasteiger charge is -2.11. The van der Waals surface area contributed by atoms with E-state index in [9.17, 15) is 22.8 Å². The summed E-state index contributed by atoms with van der Waals surface area (Å²) in [4.78, 5) is 22.5. The average molecular weight is 348 g/mol. The first-order valence-corrected chi connectivity index (χ1v) is 6.47. The van der Waals surface area contributed by atoms with Gasteiger partial charge in [-0.2, -0.15) is 18.3 Å². The van der Waals surface area contributed by atoms with Crippen LogP contribution in [0.25, 0.3) is 0 Å². The quantitative estimate of drug-likeness (QED) is 0.890. The highest BCUT2D eigenvalue weighted by Crippen LogP contribution is 2.36. The van der Waals surface area contributed by atoms with Crippen molar-refractivity contribution in [3.05, 3.63) is 46.7 Å². The Balaban J connectivity index is 2.17. The van der Waals surface area contributed by atoms with Gasteiger partial charge >= 0.3 is 12.1 Å². The van der Waals surface area contributed by atoms with Crippen molar-refractivity contribution in [3.8, 4) is 0 Å². The molecule has 0 fully saturated rings. The Labute approximate surface area is 132 Å². The van der Waals surface area contributed by atoms with Crippen LogP contribution in [0.15, 0.2) is 30.6 Å². The molecule has 2 rings (SSSR count). The number of rotatable bonds is 4. The fourth-order valence-electron chi connectivity index (χ4n) is 1.73. The van der Waals surface area contributed by atoms with E-state index in [0.29, 0.717) is 6.07 Å². The highest BCUT2D eigenvalue weighted by Gasteiger charge is 2.33. The third-order valence-corrected chi connectivity index (χ3v) is 3.05. The smallest absolute Gasteiger partial charge is 0.417 e. The van der Waals surface area contributed by atoms with Crippen molar-refractivity contribution >= 4 is 29.2 Å². The van der Waals surface area contributed by atoms with E-state index in [1.165, 1.54) is 12.3 Å². The van der Waals surface area contributed by atoms with Crippen molar-refractivity contribution in [1.29, 1.82) is 0 Å². The van der Waals surface area contributed by atoms with E-state index >= 15 is 0 Å². The Hall–Kier alpha value is -2.55. The van der Waals surface area contributed by atoms with Gasteiger partial charge in [-0.3, -0.25) is 14.3 Å². The number of hydrogen-bond acceptors (Lipinski definition) is 3. The topological polar surface area (TPSA) is 84.2 Å². The van der Waals surface area contributed by atoms with Crippen LogP contribution in [0.3, 0.4) is 0 Å². The molecule has 0 aliphatic carbocycles. The van der Waals surface area contributed by atoms with Crippen LogP contribution in [0.2, 0.25) is 5.02 Å². The number of nitrogens with one attached hydrogen (secondary N) is 1.